The number of rotatable bonds is 9. The Bertz CT molecular complexity index is 460. The molecule has 0 aromatic carbocycles. The van der Waals surface area contributed by atoms with E-state index in [-0.39, 0.29) is 5.41 Å². The van der Waals surface area contributed by atoms with Gasteiger partial charge in [-0.2, -0.15) is 5.26 Å². The number of hydrogen-bond acceptors (Lipinski definition) is 6. The van der Waals surface area contributed by atoms with Gasteiger partial charge in [0, 0.05) is 18.3 Å². The summed E-state index contributed by atoms with van der Waals surface area (Å²) < 4.78 is 1.86. The number of nitriles is 1. The largest absolute Gasteiger partial charge is 0.312 e. The zero-order valence-electron chi connectivity index (χ0n) is 12.2. The van der Waals surface area contributed by atoms with E-state index in [2.05, 4.69) is 26.9 Å². The smallest absolute Gasteiger partial charge is 0.209 e. The highest BCUT2D eigenvalue weighted by atomic mass is 32.2. The van der Waals surface area contributed by atoms with E-state index in [1.807, 2.05) is 18.5 Å². The molecular formula is C13H22N6S. The second-order valence-electron chi connectivity index (χ2n) is 5.86. The van der Waals surface area contributed by atoms with Gasteiger partial charge in [-0.1, -0.05) is 11.8 Å². The van der Waals surface area contributed by atoms with Gasteiger partial charge in [-0.25, -0.2) is 4.68 Å². The van der Waals surface area contributed by atoms with Crippen LogP contribution in [-0.4, -0.2) is 38.5 Å². The molecule has 0 aliphatic heterocycles. The van der Waals surface area contributed by atoms with Crippen LogP contribution in [0, 0.1) is 16.7 Å². The summed E-state index contributed by atoms with van der Waals surface area (Å²) in [5.74, 6) is 0.946. The maximum Gasteiger partial charge on any atom is 0.209 e. The zero-order valence-corrected chi connectivity index (χ0v) is 13.0. The molecule has 7 heteroatoms. The zero-order chi connectivity index (χ0) is 14.4. The van der Waals surface area contributed by atoms with Crippen molar-refractivity contribution < 1.29 is 0 Å². The van der Waals surface area contributed by atoms with Crippen molar-refractivity contribution in [2.45, 2.75) is 57.3 Å². The standard InChI is InChI=1S/C13H22N6S/c1-13(2,10-14)6-3-9-20-12-16-17-18-19(12)8-7-15-11-4-5-11/h11,15H,3-9H2,1-2H3. The third-order valence-corrected chi connectivity index (χ3v) is 4.36. The van der Waals surface area contributed by atoms with Crippen molar-refractivity contribution in [2.75, 3.05) is 12.3 Å². The second-order valence-corrected chi connectivity index (χ2v) is 6.92. The molecule has 0 radical (unpaired) electrons. The van der Waals surface area contributed by atoms with Crippen LogP contribution in [0.2, 0.25) is 0 Å². The molecule has 20 heavy (non-hydrogen) atoms. The van der Waals surface area contributed by atoms with Crippen LogP contribution in [0.25, 0.3) is 0 Å². The minimum absolute atomic E-state index is 0.235. The molecule has 2 rings (SSSR count). The lowest BCUT2D eigenvalue weighted by Crippen LogP contribution is -2.22. The van der Waals surface area contributed by atoms with Crippen LogP contribution in [-0.2, 0) is 6.54 Å². The maximum absolute atomic E-state index is 8.97. The number of thioether (sulfide) groups is 1. The molecule has 1 aromatic rings. The van der Waals surface area contributed by atoms with Crippen LogP contribution < -0.4 is 5.32 Å². The molecule has 6 nitrogen and oxygen atoms in total. The van der Waals surface area contributed by atoms with Gasteiger partial charge in [-0.15, -0.1) is 5.10 Å². The van der Waals surface area contributed by atoms with Crippen LogP contribution >= 0.6 is 11.8 Å². The van der Waals surface area contributed by atoms with E-state index in [1.54, 1.807) is 11.8 Å². The Morgan fingerprint density at radius 2 is 2.30 bits per heavy atom. The van der Waals surface area contributed by atoms with Crippen molar-refractivity contribution in [1.29, 1.82) is 5.26 Å². The number of nitrogens with one attached hydrogen (secondary N) is 1. The minimum Gasteiger partial charge on any atom is -0.312 e. The highest BCUT2D eigenvalue weighted by Crippen LogP contribution is 2.24. The molecule has 1 N–H and O–H groups in total. The summed E-state index contributed by atoms with van der Waals surface area (Å²) in [5.41, 5.74) is -0.235. The predicted molar refractivity (Wildman–Crippen MR) is 78.2 cm³/mol. The van der Waals surface area contributed by atoms with Crippen LogP contribution in [0.4, 0.5) is 0 Å². The molecule has 1 fully saturated rings. The Morgan fingerprint density at radius 3 is 3.00 bits per heavy atom. The summed E-state index contributed by atoms with van der Waals surface area (Å²) in [6, 6.07) is 3.05. The van der Waals surface area contributed by atoms with E-state index < -0.39 is 0 Å². The van der Waals surface area contributed by atoms with E-state index >= 15 is 0 Å². The molecule has 1 aliphatic carbocycles. The molecule has 1 aliphatic rings. The molecule has 1 saturated carbocycles. The van der Waals surface area contributed by atoms with Crippen molar-refractivity contribution in [2.24, 2.45) is 5.41 Å². The van der Waals surface area contributed by atoms with Gasteiger partial charge < -0.3 is 5.32 Å². The lowest BCUT2D eigenvalue weighted by molar-refractivity contribution is 0.447. The van der Waals surface area contributed by atoms with Crippen molar-refractivity contribution in [3.05, 3.63) is 0 Å². The Kier molecular flexibility index (Phi) is 5.38. The second kappa shape index (κ2) is 7.04. The number of aromatic nitrogens is 4. The normalized spacial score (nSPS) is 15.2. The van der Waals surface area contributed by atoms with Gasteiger partial charge in [0.1, 0.15) is 0 Å². The number of tetrazole rings is 1. The predicted octanol–water partition coefficient (Wildman–Crippen LogP) is 1.85. The maximum atomic E-state index is 8.97. The fourth-order valence-electron chi connectivity index (χ4n) is 1.84. The molecule has 0 saturated heterocycles. The van der Waals surface area contributed by atoms with E-state index in [0.29, 0.717) is 0 Å². The summed E-state index contributed by atoms with van der Waals surface area (Å²) in [6.45, 7) is 5.69. The topological polar surface area (TPSA) is 79.4 Å². The van der Waals surface area contributed by atoms with Gasteiger partial charge in [0.25, 0.3) is 0 Å². The highest BCUT2D eigenvalue weighted by molar-refractivity contribution is 7.99. The van der Waals surface area contributed by atoms with Crippen molar-refractivity contribution in [1.82, 2.24) is 25.5 Å². The first-order valence-electron chi connectivity index (χ1n) is 7.14. The quantitative estimate of drug-likeness (QED) is 0.553. The third kappa shape index (κ3) is 5.10. The Hall–Kier alpha value is -1.13. The van der Waals surface area contributed by atoms with Gasteiger partial charge >= 0.3 is 0 Å². The average Bonchev–Trinajstić information content (AvgIpc) is 3.14. The SMILES string of the molecule is CC(C)(C#N)CCCSc1nnnn1CCNC1CC1. The molecule has 0 spiro atoms. The van der Waals surface area contributed by atoms with E-state index in [4.69, 9.17) is 5.26 Å². The van der Waals surface area contributed by atoms with Gasteiger partial charge in [0.2, 0.25) is 5.16 Å². The lowest BCUT2D eigenvalue weighted by Gasteiger charge is -2.13. The molecule has 0 bridgehead atoms. The average molecular weight is 294 g/mol. The van der Waals surface area contributed by atoms with Gasteiger partial charge in [-0.3, -0.25) is 0 Å². The lowest BCUT2D eigenvalue weighted by atomic mass is 9.90. The summed E-state index contributed by atoms with van der Waals surface area (Å²) in [4.78, 5) is 0. The summed E-state index contributed by atoms with van der Waals surface area (Å²) in [7, 11) is 0. The van der Waals surface area contributed by atoms with E-state index in [9.17, 15) is 0 Å². The summed E-state index contributed by atoms with van der Waals surface area (Å²) in [5, 5.41) is 25.1. The van der Waals surface area contributed by atoms with Crippen molar-refractivity contribution in [3.63, 3.8) is 0 Å². The molecule has 1 aromatic heterocycles. The molecule has 0 unspecified atom stereocenters. The van der Waals surface area contributed by atoms with Crippen LogP contribution in [0.1, 0.15) is 39.5 Å². The third-order valence-electron chi connectivity index (χ3n) is 3.31. The van der Waals surface area contributed by atoms with Crippen LogP contribution in [0.3, 0.4) is 0 Å². The molecule has 1 heterocycles. The Morgan fingerprint density at radius 1 is 1.50 bits per heavy atom. The van der Waals surface area contributed by atoms with E-state index in [1.165, 1.54) is 12.8 Å². The molecule has 0 atom stereocenters. The number of nitrogens with zero attached hydrogens (tertiary/aromatic N) is 5. The van der Waals surface area contributed by atoms with Gasteiger partial charge in [-0.05, 0) is 50.0 Å². The first kappa shape index (κ1) is 15.3. The van der Waals surface area contributed by atoms with Crippen LogP contribution in [0.5, 0.6) is 0 Å². The molecular weight excluding hydrogens is 272 g/mol. The Balaban J connectivity index is 1.67. The summed E-state index contributed by atoms with van der Waals surface area (Å²) in [6.07, 6.45) is 4.50. The first-order chi connectivity index (χ1) is 9.61. The number of hydrogen-bond donors (Lipinski definition) is 1. The minimum atomic E-state index is -0.235. The van der Waals surface area contributed by atoms with Gasteiger partial charge in [0.05, 0.1) is 18.0 Å². The fraction of sp³-hybridized carbons (Fsp3) is 0.846. The van der Waals surface area contributed by atoms with E-state index in [0.717, 1.165) is 42.9 Å². The van der Waals surface area contributed by atoms with Crippen molar-refractivity contribution in [3.8, 4) is 6.07 Å². The molecule has 110 valence electrons. The Labute approximate surface area is 124 Å². The fourth-order valence-corrected chi connectivity index (χ4v) is 2.68. The first-order valence-corrected chi connectivity index (χ1v) is 8.13. The highest BCUT2D eigenvalue weighted by Gasteiger charge is 2.20. The van der Waals surface area contributed by atoms with Crippen LogP contribution in [0.15, 0.2) is 5.16 Å². The van der Waals surface area contributed by atoms with Crippen molar-refractivity contribution >= 4 is 11.8 Å². The summed E-state index contributed by atoms with van der Waals surface area (Å²) >= 11 is 1.67. The monoisotopic (exact) mass is 294 g/mol. The molecule has 0 amide bonds. The van der Waals surface area contributed by atoms with Gasteiger partial charge in [0.15, 0.2) is 0 Å².